The number of aromatic nitrogens is 3. The van der Waals surface area contributed by atoms with E-state index in [0.717, 1.165) is 44.2 Å². The summed E-state index contributed by atoms with van der Waals surface area (Å²) in [6.45, 7) is 14.1. The topological polar surface area (TPSA) is 84.6 Å². The van der Waals surface area contributed by atoms with Crippen LogP contribution in [0.2, 0.25) is 0 Å². The van der Waals surface area contributed by atoms with Crippen molar-refractivity contribution in [3.05, 3.63) is 35.6 Å². The van der Waals surface area contributed by atoms with Crippen LogP contribution in [-0.4, -0.2) is 58.8 Å². The van der Waals surface area contributed by atoms with Gasteiger partial charge in [-0.2, -0.15) is 4.98 Å². The second kappa shape index (κ2) is 8.90. The van der Waals surface area contributed by atoms with Crippen LogP contribution < -0.4 is 4.90 Å². The first-order chi connectivity index (χ1) is 13.8. The van der Waals surface area contributed by atoms with Gasteiger partial charge in [0.15, 0.2) is 5.82 Å². The Morgan fingerprint density at radius 3 is 2.66 bits per heavy atom. The van der Waals surface area contributed by atoms with E-state index in [2.05, 4.69) is 52.6 Å². The van der Waals surface area contributed by atoms with Crippen molar-refractivity contribution in [2.24, 2.45) is 0 Å². The minimum absolute atomic E-state index is 0.0673. The molecule has 2 aromatic heterocycles. The second-order valence-electron chi connectivity index (χ2n) is 8.38. The predicted molar refractivity (Wildman–Crippen MR) is 110 cm³/mol. The number of hydrogen-bond donors (Lipinski definition) is 0. The monoisotopic (exact) mass is 401 g/mol. The number of rotatable bonds is 5. The Morgan fingerprint density at radius 1 is 1.24 bits per heavy atom. The molecule has 0 aliphatic carbocycles. The zero-order valence-corrected chi connectivity index (χ0v) is 18.0. The van der Waals surface area contributed by atoms with E-state index < -0.39 is 0 Å². The van der Waals surface area contributed by atoms with E-state index in [-0.39, 0.29) is 17.4 Å². The molecule has 3 rings (SSSR count). The third-order valence-corrected chi connectivity index (χ3v) is 5.13. The molecule has 1 aliphatic heterocycles. The largest absolute Gasteiger partial charge is 0.462 e. The van der Waals surface area contributed by atoms with Crippen molar-refractivity contribution in [3.63, 3.8) is 0 Å². The van der Waals surface area contributed by atoms with Crippen molar-refractivity contribution in [3.8, 4) is 0 Å². The first-order valence-electron chi connectivity index (χ1n) is 10.3. The SMILES string of the molecule is CCOC(=O)c1ccc(N2CCCN(C(C)c3nc(C(C)(C)C)no3)CC2)nc1. The van der Waals surface area contributed by atoms with Gasteiger partial charge >= 0.3 is 5.97 Å². The van der Waals surface area contributed by atoms with Gasteiger partial charge in [-0.05, 0) is 32.4 Å². The average Bonchev–Trinajstić information content (AvgIpc) is 3.07. The van der Waals surface area contributed by atoms with E-state index in [1.807, 2.05) is 6.07 Å². The molecule has 29 heavy (non-hydrogen) atoms. The molecule has 0 saturated carbocycles. The van der Waals surface area contributed by atoms with Gasteiger partial charge < -0.3 is 14.2 Å². The Labute approximate surface area is 172 Å². The lowest BCUT2D eigenvalue weighted by molar-refractivity contribution is 0.0526. The van der Waals surface area contributed by atoms with Crippen LogP contribution in [-0.2, 0) is 10.2 Å². The molecule has 0 spiro atoms. The van der Waals surface area contributed by atoms with E-state index in [4.69, 9.17) is 9.26 Å². The summed E-state index contributed by atoms with van der Waals surface area (Å²) in [5.41, 5.74) is 0.352. The predicted octanol–water partition coefficient (Wildman–Crippen LogP) is 3.21. The average molecular weight is 402 g/mol. The number of hydrogen-bond acceptors (Lipinski definition) is 8. The van der Waals surface area contributed by atoms with Gasteiger partial charge in [-0.25, -0.2) is 9.78 Å². The minimum atomic E-state index is -0.336. The fourth-order valence-electron chi connectivity index (χ4n) is 3.33. The van der Waals surface area contributed by atoms with Crippen LogP contribution in [0.5, 0.6) is 0 Å². The fraction of sp³-hybridized carbons (Fsp3) is 0.619. The fourth-order valence-corrected chi connectivity index (χ4v) is 3.33. The maximum Gasteiger partial charge on any atom is 0.339 e. The Morgan fingerprint density at radius 2 is 2.03 bits per heavy atom. The van der Waals surface area contributed by atoms with Crippen molar-refractivity contribution < 1.29 is 14.1 Å². The minimum Gasteiger partial charge on any atom is -0.462 e. The van der Waals surface area contributed by atoms with Crippen LogP contribution in [0.1, 0.15) is 69.2 Å². The van der Waals surface area contributed by atoms with Gasteiger partial charge in [-0.3, -0.25) is 4.90 Å². The molecule has 1 fully saturated rings. The molecular formula is C21H31N5O3. The van der Waals surface area contributed by atoms with E-state index in [9.17, 15) is 4.79 Å². The molecule has 0 N–H and O–H groups in total. The number of pyridine rings is 1. The van der Waals surface area contributed by atoms with Crippen LogP contribution >= 0.6 is 0 Å². The third-order valence-electron chi connectivity index (χ3n) is 5.13. The summed E-state index contributed by atoms with van der Waals surface area (Å²) < 4.78 is 10.6. The number of esters is 1. The van der Waals surface area contributed by atoms with Gasteiger partial charge in [0.1, 0.15) is 5.82 Å². The summed E-state index contributed by atoms with van der Waals surface area (Å²) in [4.78, 5) is 25.5. The Bertz CT molecular complexity index is 812. The maximum absolute atomic E-state index is 11.8. The highest BCUT2D eigenvalue weighted by atomic mass is 16.5. The molecule has 0 amide bonds. The van der Waals surface area contributed by atoms with Crippen molar-refractivity contribution in [1.82, 2.24) is 20.0 Å². The number of ether oxygens (including phenoxy) is 1. The van der Waals surface area contributed by atoms with Crippen LogP contribution in [0.15, 0.2) is 22.9 Å². The highest BCUT2D eigenvalue weighted by Crippen LogP contribution is 2.25. The molecule has 0 aromatic carbocycles. The second-order valence-corrected chi connectivity index (χ2v) is 8.38. The van der Waals surface area contributed by atoms with Crippen LogP contribution in [0, 0.1) is 0 Å². The molecule has 0 bridgehead atoms. The van der Waals surface area contributed by atoms with Gasteiger partial charge in [-0.1, -0.05) is 25.9 Å². The van der Waals surface area contributed by atoms with Crippen LogP contribution in [0.25, 0.3) is 0 Å². The van der Waals surface area contributed by atoms with Crippen molar-refractivity contribution in [2.45, 2.75) is 52.5 Å². The van der Waals surface area contributed by atoms with Gasteiger partial charge in [0.05, 0.1) is 18.2 Å². The molecule has 158 valence electrons. The van der Waals surface area contributed by atoms with Crippen LogP contribution in [0.3, 0.4) is 0 Å². The molecule has 3 heterocycles. The Balaban J connectivity index is 1.62. The summed E-state index contributed by atoms with van der Waals surface area (Å²) in [5.74, 6) is 1.94. The van der Waals surface area contributed by atoms with E-state index in [1.54, 1.807) is 19.2 Å². The number of anilines is 1. The van der Waals surface area contributed by atoms with Crippen molar-refractivity contribution in [1.29, 1.82) is 0 Å². The first-order valence-corrected chi connectivity index (χ1v) is 10.3. The van der Waals surface area contributed by atoms with Crippen LogP contribution in [0.4, 0.5) is 5.82 Å². The van der Waals surface area contributed by atoms with E-state index >= 15 is 0 Å². The lowest BCUT2D eigenvalue weighted by Gasteiger charge is -2.25. The molecule has 8 nitrogen and oxygen atoms in total. The zero-order valence-electron chi connectivity index (χ0n) is 18.0. The van der Waals surface area contributed by atoms with Crippen molar-refractivity contribution >= 4 is 11.8 Å². The maximum atomic E-state index is 11.8. The Hall–Kier alpha value is -2.48. The standard InChI is InChI=1S/C21H31N5O3/c1-6-28-19(27)16-8-9-17(22-14-16)26-11-7-10-25(12-13-26)15(2)18-23-20(24-29-18)21(3,4)5/h8-9,14-15H,6-7,10-13H2,1-5H3. The third kappa shape index (κ3) is 5.12. The molecule has 1 aliphatic rings. The van der Waals surface area contributed by atoms with Gasteiger partial charge in [0.25, 0.3) is 0 Å². The first kappa shape index (κ1) is 21.2. The highest BCUT2D eigenvalue weighted by molar-refractivity contribution is 5.89. The van der Waals surface area contributed by atoms with E-state index in [1.165, 1.54) is 0 Å². The van der Waals surface area contributed by atoms with E-state index in [0.29, 0.717) is 18.1 Å². The highest BCUT2D eigenvalue weighted by Gasteiger charge is 2.27. The Kier molecular flexibility index (Phi) is 6.52. The molecular weight excluding hydrogens is 370 g/mol. The summed E-state index contributed by atoms with van der Waals surface area (Å²) >= 11 is 0. The summed E-state index contributed by atoms with van der Waals surface area (Å²) in [6.07, 6.45) is 2.59. The van der Waals surface area contributed by atoms with Gasteiger partial charge in [0.2, 0.25) is 5.89 Å². The summed E-state index contributed by atoms with van der Waals surface area (Å²) in [6, 6.07) is 3.73. The number of carbonyl (C=O) groups is 1. The smallest absolute Gasteiger partial charge is 0.339 e. The lowest BCUT2D eigenvalue weighted by atomic mass is 9.96. The molecule has 1 unspecified atom stereocenters. The quantitative estimate of drug-likeness (QED) is 0.706. The zero-order chi connectivity index (χ0) is 21.0. The number of nitrogens with zero attached hydrogens (tertiary/aromatic N) is 5. The number of carbonyl (C=O) groups excluding carboxylic acids is 1. The van der Waals surface area contributed by atoms with Gasteiger partial charge in [-0.15, -0.1) is 0 Å². The molecule has 0 radical (unpaired) electrons. The summed E-state index contributed by atoms with van der Waals surface area (Å²) in [5, 5.41) is 4.15. The molecule has 1 saturated heterocycles. The lowest BCUT2D eigenvalue weighted by Crippen LogP contribution is -2.33. The normalized spacial score (nSPS) is 17.1. The summed E-state index contributed by atoms with van der Waals surface area (Å²) in [7, 11) is 0. The van der Waals surface area contributed by atoms with Crippen molar-refractivity contribution in [2.75, 3.05) is 37.7 Å². The van der Waals surface area contributed by atoms with Gasteiger partial charge in [0, 0.05) is 37.8 Å². The molecule has 8 heteroatoms. The molecule has 2 aromatic rings. The molecule has 1 atom stereocenters.